The largest absolute Gasteiger partial charge is 0.492 e. The third-order valence-electron chi connectivity index (χ3n) is 5.74. The Kier molecular flexibility index (Phi) is 8.23. The van der Waals surface area contributed by atoms with Crippen LogP contribution in [0.1, 0.15) is 63.0 Å². The summed E-state index contributed by atoms with van der Waals surface area (Å²) in [5.74, 6) is -0.502. The molecule has 1 heterocycles. The van der Waals surface area contributed by atoms with Gasteiger partial charge in [0.05, 0.1) is 36.6 Å². The van der Waals surface area contributed by atoms with Crippen LogP contribution >= 0.6 is 0 Å². The molecule has 2 aromatic rings. The van der Waals surface area contributed by atoms with Crippen molar-refractivity contribution in [2.75, 3.05) is 28.4 Å². The lowest BCUT2D eigenvalue weighted by Crippen LogP contribution is -2.45. The fraction of sp³-hybridized carbons (Fsp3) is 0.407. The van der Waals surface area contributed by atoms with E-state index in [4.69, 9.17) is 4.74 Å². The summed E-state index contributed by atoms with van der Waals surface area (Å²) in [5.41, 5.74) is 8.59. The number of nitrogens with one attached hydrogen (secondary N) is 5. The Labute approximate surface area is 230 Å². The summed E-state index contributed by atoms with van der Waals surface area (Å²) in [4.78, 5) is 26.0. The molecule has 0 radical (unpaired) electrons. The van der Waals surface area contributed by atoms with Crippen molar-refractivity contribution < 1.29 is 22.7 Å². The molecule has 0 bridgehead atoms. The highest BCUT2D eigenvalue weighted by atomic mass is 32.2. The van der Waals surface area contributed by atoms with Crippen LogP contribution in [0.15, 0.2) is 42.2 Å². The van der Waals surface area contributed by atoms with E-state index in [-0.39, 0.29) is 22.8 Å². The monoisotopic (exact) mass is 558 g/mol. The number of amides is 2. The van der Waals surface area contributed by atoms with E-state index in [9.17, 15) is 18.0 Å². The van der Waals surface area contributed by atoms with E-state index in [1.54, 1.807) is 41.5 Å². The summed E-state index contributed by atoms with van der Waals surface area (Å²) in [6.45, 7) is 13.5. The summed E-state index contributed by atoms with van der Waals surface area (Å²) in [6, 6.07) is 8.65. The van der Waals surface area contributed by atoms with Crippen LogP contribution in [0.3, 0.4) is 0 Å². The van der Waals surface area contributed by atoms with Crippen LogP contribution in [0.25, 0.3) is 0 Å². The number of rotatable bonds is 7. The molecule has 0 saturated heterocycles. The number of methoxy groups -OCH3 is 1. The number of sulfonamides is 1. The third-order valence-corrected chi connectivity index (χ3v) is 6.33. The van der Waals surface area contributed by atoms with E-state index in [2.05, 4.69) is 26.3 Å². The van der Waals surface area contributed by atoms with Gasteiger partial charge in [0.15, 0.2) is 5.75 Å². The number of hydrogen-bond donors (Lipinski definition) is 5. The van der Waals surface area contributed by atoms with Crippen LogP contribution in [0.2, 0.25) is 0 Å². The Hall–Kier alpha value is -3.77. The number of carbonyl (C=O) groups excluding carboxylic acids is 2. The van der Waals surface area contributed by atoms with Crippen molar-refractivity contribution in [3.05, 3.63) is 58.9 Å². The number of nitrogens with zero attached hydrogens (tertiary/aromatic N) is 1. The highest BCUT2D eigenvalue weighted by Gasteiger charge is 2.25. The normalized spacial score (nSPS) is 13.9. The van der Waals surface area contributed by atoms with Gasteiger partial charge in [-0.1, -0.05) is 26.8 Å². The summed E-state index contributed by atoms with van der Waals surface area (Å²) in [7, 11) is -2.20. The van der Waals surface area contributed by atoms with E-state index in [1.807, 2.05) is 48.5 Å². The first-order valence-electron chi connectivity index (χ1n) is 12.4. The lowest BCUT2D eigenvalue weighted by atomic mass is 9.86. The first-order chi connectivity index (χ1) is 17.9. The molecule has 2 amide bonds. The van der Waals surface area contributed by atoms with Crippen molar-refractivity contribution in [1.82, 2.24) is 16.3 Å². The van der Waals surface area contributed by atoms with Gasteiger partial charge in [-0.2, -0.15) is 0 Å². The van der Waals surface area contributed by atoms with Gasteiger partial charge < -0.3 is 15.4 Å². The van der Waals surface area contributed by atoms with Crippen molar-refractivity contribution >= 4 is 38.9 Å². The van der Waals surface area contributed by atoms with Gasteiger partial charge in [0.25, 0.3) is 11.8 Å². The number of ether oxygens (including phenoxy) is 1. The Morgan fingerprint density at radius 1 is 0.974 bits per heavy atom. The maximum Gasteiger partial charge on any atom is 0.270 e. The van der Waals surface area contributed by atoms with Crippen molar-refractivity contribution in [2.45, 2.75) is 59.4 Å². The van der Waals surface area contributed by atoms with Crippen molar-refractivity contribution in [1.29, 1.82) is 0 Å². The minimum Gasteiger partial charge on any atom is -0.492 e. The standard InChI is InChI=1S/C27H38N6O5S/c1-16-10-11-17(12-22(16)33-15-21(30-32-33)25(35)29-27(5,6)7)24(34)28-19-13-18(26(2,3)4)14-20(23(19)38-8)31-39(9,36)37/h10-15,30-32H,1-9H3,(H,28,34)(H,29,35). The zero-order chi connectivity index (χ0) is 29.3. The third kappa shape index (κ3) is 7.64. The highest BCUT2D eigenvalue weighted by molar-refractivity contribution is 7.92. The quantitative estimate of drug-likeness (QED) is 0.348. The molecular formula is C27H38N6O5S. The molecule has 11 nitrogen and oxygen atoms in total. The topological polar surface area (TPSA) is 141 Å². The molecule has 12 heteroatoms. The molecule has 0 atom stereocenters. The molecule has 212 valence electrons. The zero-order valence-corrected chi connectivity index (χ0v) is 24.7. The number of benzene rings is 2. The van der Waals surface area contributed by atoms with Crippen LogP contribution < -0.4 is 36.1 Å². The van der Waals surface area contributed by atoms with Crippen LogP contribution in [0, 0.1) is 6.92 Å². The zero-order valence-electron chi connectivity index (χ0n) is 23.9. The molecule has 39 heavy (non-hydrogen) atoms. The second-order valence-electron chi connectivity index (χ2n) is 11.5. The minimum atomic E-state index is -3.61. The predicted octanol–water partition coefficient (Wildman–Crippen LogP) is 3.51. The van der Waals surface area contributed by atoms with E-state index in [0.717, 1.165) is 17.4 Å². The Morgan fingerprint density at radius 2 is 1.62 bits per heavy atom. The molecular weight excluding hydrogens is 520 g/mol. The van der Waals surface area contributed by atoms with Gasteiger partial charge in [-0.05, 0) is 68.5 Å². The van der Waals surface area contributed by atoms with E-state index in [1.165, 1.54) is 7.11 Å². The van der Waals surface area contributed by atoms with Gasteiger partial charge in [0.2, 0.25) is 10.0 Å². The minimum absolute atomic E-state index is 0.192. The average Bonchev–Trinajstić information content (AvgIpc) is 3.26. The van der Waals surface area contributed by atoms with Gasteiger partial charge in [-0.15, -0.1) is 5.53 Å². The molecule has 0 unspecified atom stereocenters. The number of hydrazine groups is 2. The molecule has 3 rings (SSSR count). The molecule has 0 fully saturated rings. The van der Waals surface area contributed by atoms with Crippen molar-refractivity contribution in [3.8, 4) is 5.75 Å². The van der Waals surface area contributed by atoms with Crippen LogP contribution in [-0.4, -0.2) is 39.1 Å². The predicted molar refractivity (Wildman–Crippen MR) is 154 cm³/mol. The highest BCUT2D eigenvalue weighted by Crippen LogP contribution is 2.39. The summed E-state index contributed by atoms with van der Waals surface area (Å²) >= 11 is 0. The molecule has 0 spiro atoms. The van der Waals surface area contributed by atoms with Gasteiger partial charge in [0, 0.05) is 11.1 Å². The van der Waals surface area contributed by atoms with Gasteiger partial charge in [0.1, 0.15) is 5.70 Å². The first-order valence-corrected chi connectivity index (χ1v) is 14.2. The van der Waals surface area contributed by atoms with E-state index in [0.29, 0.717) is 22.6 Å². The fourth-order valence-corrected chi connectivity index (χ4v) is 4.37. The molecule has 0 aromatic heterocycles. The van der Waals surface area contributed by atoms with Gasteiger partial charge in [-0.25, -0.2) is 8.42 Å². The molecule has 0 saturated carbocycles. The number of aryl methyl sites for hydroxylation is 1. The average molecular weight is 559 g/mol. The number of carbonyl (C=O) groups is 2. The maximum absolute atomic E-state index is 13.4. The fourth-order valence-electron chi connectivity index (χ4n) is 3.82. The summed E-state index contributed by atoms with van der Waals surface area (Å²) < 4.78 is 32.0. The molecule has 5 N–H and O–H groups in total. The second kappa shape index (κ2) is 10.8. The Balaban J connectivity index is 1.95. The van der Waals surface area contributed by atoms with Crippen LogP contribution in [-0.2, 0) is 20.2 Å². The Bertz CT molecular complexity index is 1420. The molecule has 1 aliphatic rings. The smallest absolute Gasteiger partial charge is 0.270 e. The lowest BCUT2D eigenvalue weighted by Gasteiger charge is -2.24. The van der Waals surface area contributed by atoms with E-state index >= 15 is 0 Å². The second-order valence-corrected chi connectivity index (χ2v) is 13.3. The van der Waals surface area contributed by atoms with Crippen LogP contribution in [0.4, 0.5) is 17.1 Å². The first kappa shape index (κ1) is 29.8. The van der Waals surface area contributed by atoms with Gasteiger partial charge in [-0.3, -0.25) is 24.7 Å². The molecule has 0 aliphatic carbocycles. The lowest BCUT2D eigenvalue weighted by molar-refractivity contribution is -0.119. The maximum atomic E-state index is 13.4. The van der Waals surface area contributed by atoms with Gasteiger partial charge >= 0.3 is 0 Å². The van der Waals surface area contributed by atoms with Crippen LogP contribution in [0.5, 0.6) is 5.75 Å². The molecule has 1 aliphatic heterocycles. The number of anilines is 3. The van der Waals surface area contributed by atoms with E-state index < -0.39 is 21.5 Å². The van der Waals surface area contributed by atoms with Crippen molar-refractivity contribution in [2.24, 2.45) is 0 Å². The molecule has 2 aromatic carbocycles. The SMILES string of the molecule is COc1c(NC(=O)c2ccc(C)c(N3C=C(C(=O)NC(C)(C)C)NN3)c2)cc(C(C)(C)C)cc1NS(C)(=O)=O. The number of hydrogen-bond acceptors (Lipinski definition) is 8. The Morgan fingerprint density at radius 3 is 2.18 bits per heavy atom. The summed E-state index contributed by atoms with van der Waals surface area (Å²) in [5, 5.41) is 7.39. The summed E-state index contributed by atoms with van der Waals surface area (Å²) in [6.07, 6.45) is 2.67. The van der Waals surface area contributed by atoms with Crippen molar-refractivity contribution in [3.63, 3.8) is 0 Å².